The number of esters is 1. The lowest BCUT2D eigenvalue weighted by Crippen LogP contribution is -2.03. The Kier molecular flexibility index (Phi) is 5.66. The van der Waals surface area contributed by atoms with E-state index in [1.54, 1.807) is 36.4 Å². The van der Waals surface area contributed by atoms with Gasteiger partial charge in [-0.25, -0.2) is 9.79 Å². The van der Waals surface area contributed by atoms with Gasteiger partial charge in [0, 0.05) is 11.6 Å². The number of benzene rings is 1. The summed E-state index contributed by atoms with van der Waals surface area (Å²) in [4.78, 5) is 17.2. The van der Waals surface area contributed by atoms with Crippen LogP contribution in [0.15, 0.2) is 71.7 Å². The smallest absolute Gasteiger partial charge is 0.363 e. The molecule has 6 heteroatoms. The van der Waals surface area contributed by atoms with Crippen LogP contribution in [0.5, 0.6) is 11.5 Å². The van der Waals surface area contributed by atoms with Gasteiger partial charge < -0.3 is 14.2 Å². The molecule has 2 aromatic rings. The Balaban J connectivity index is 1.91. The number of carbonyl (C=O) groups excluding carboxylic acids is 1. The first-order chi connectivity index (χ1) is 12.7. The molecule has 0 aliphatic carbocycles. The molecule has 1 aromatic heterocycles. The Bertz CT molecular complexity index is 881. The van der Waals surface area contributed by atoms with Crippen molar-refractivity contribution in [3.8, 4) is 11.5 Å². The second-order valence-corrected chi connectivity index (χ2v) is 6.16. The number of nitrogens with zero attached hydrogens (tertiary/aromatic N) is 1. The fraction of sp³-hybridized carbons (Fsp3) is 0.100. The van der Waals surface area contributed by atoms with Crippen LogP contribution in [-0.4, -0.2) is 25.1 Å². The normalized spacial score (nSPS) is 14.7. The van der Waals surface area contributed by atoms with Crippen molar-refractivity contribution < 1.29 is 19.0 Å². The Hall–Kier alpha value is -3.12. The zero-order valence-electron chi connectivity index (χ0n) is 14.0. The summed E-state index contributed by atoms with van der Waals surface area (Å²) in [6.07, 6.45) is 4.94. The SMILES string of the molecule is C=CCOc1ccc(/C=C2/N=C(c3cccs3)OC2=O)c(OCC=C)c1. The van der Waals surface area contributed by atoms with Crippen LogP contribution < -0.4 is 9.47 Å². The first-order valence-corrected chi connectivity index (χ1v) is 8.77. The lowest BCUT2D eigenvalue weighted by molar-refractivity contribution is -0.129. The fourth-order valence-corrected chi connectivity index (χ4v) is 2.86. The molecule has 0 saturated carbocycles. The molecule has 0 fully saturated rings. The van der Waals surface area contributed by atoms with Crippen molar-refractivity contribution in [1.29, 1.82) is 0 Å². The Morgan fingerprint density at radius 1 is 1.15 bits per heavy atom. The van der Waals surface area contributed by atoms with E-state index < -0.39 is 5.97 Å². The average molecular weight is 367 g/mol. The number of ether oxygens (including phenoxy) is 3. The summed E-state index contributed by atoms with van der Waals surface area (Å²) in [6, 6.07) is 9.07. The maximum Gasteiger partial charge on any atom is 0.363 e. The third-order valence-corrected chi connectivity index (χ3v) is 4.21. The highest BCUT2D eigenvalue weighted by atomic mass is 32.1. The van der Waals surface area contributed by atoms with E-state index >= 15 is 0 Å². The van der Waals surface area contributed by atoms with Gasteiger partial charge in [0.05, 0.1) is 4.88 Å². The van der Waals surface area contributed by atoms with Crippen molar-refractivity contribution in [2.24, 2.45) is 4.99 Å². The van der Waals surface area contributed by atoms with Crippen LogP contribution in [0.25, 0.3) is 6.08 Å². The van der Waals surface area contributed by atoms with Gasteiger partial charge in [0.25, 0.3) is 0 Å². The predicted octanol–water partition coefficient (Wildman–Crippen LogP) is 4.22. The Labute approximate surface area is 155 Å². The highest BCUT2D eigenvalue weighted by Crippen LogP contribution is 2.29. The predicted molar refractivity (Wildman–Crippen MR) is 103 cm³/mol. The average Bonchev–Trinajstić information content (AvgIpc) is 3.30. The summed E-state index contributed by atoms with van der Waals surface area (Å²) >= 11 is 1.46. The van der Waals surface area contributed by atoms with E-state index in [-0.39, 0.29) is 5.70 Å². The molecule has 0 radical (unpaired) electrons. The summed E-state index contributed by atoms with van der Waals surface area (Å²) in [7, 11) is 0. The summed E-state index contributed by atoms with van der Waals surface area (Å²) < 4.78 is 16.5. The van der Waals surface area contributed by atoms with E-state index in [4.69, 9.17) is 14.2 Å². The third kappa shape index (κ3) is 4.10. The quantitative estimate of drug-likeness (QED) is 0.398. The van der Waals surface area contributed by atoms with Gasteiger partial charge in [-0.15, -0.1) is 11.3 Å². The van der Waals surface area contributed by atoms with Crippen LogP contribution >= 0.6 is 11.3 Å². The molecule has 0 unspecified atom stereocenters. The highest BCUT2D eigenvalue weighted by molar-refractivity contribution is 7.12. The summed E-state index contributed by atoms with van der Waals surface area (Å²) in [6.45, 7) is 8.00. The molecule has 0 spiro atoms. The van der Waals surface area contributed by atoms with Crippen molar-refractivity contribution in [1.82, 2.24) is 0 Å². The van der Waals surface area contributed by atoms with Crippen molar-refractivity contribution in [2.75, 3.05) is 13.2 Å². The van der Waals surface area contributed by atoms with Crippen molar-refractivity contribution in [2.45, 2.75) is 0 Å². The minimum atomic E-state index is -0.491. The van der Waals surface area contributed by atoms with Crippen molar-refractivity contribution >= 4 is 29.3 Å². The van der Waals surface area contributed by atoms with Crippen LogP contribution in [0.3, 0.4) is 0 Å². The van der Waals surface area contributed by atoms with Gasteiger partial charge in [-0.1, -0.05) is 31.4 Å². The van der Waals surface area contributed by atoms with Gasteiger partial charge in [-0.3, -0.25) is 0 Å². The summed E-state index contributed by atoms with van der Waals surface area (Å²) in [5, 5.41) is 1.90. The molecular formula is C20H17NO4S. The molecule has 26 heavy (non-hydrogen) atoms. The molecule has 0 atom stereocenters. The van der Waals surface area contributed by atoms with E-state index in [1.807, 2.05) is 17.5 Å². The molecule has 132 valence electrons. The maximum absolute atomic E-state index is 12.1. The van der Waals surface area contributed by atoms with Gasteiger partial charge in [0.1, 0.15) is 24.7 Å². The van der Waals surface area contributed by atoms with Crippen LogP contribution in [0, 0.1) is 0 Å². The van der Waals surface area contributed by atoms with Gasteiger partial charge in [-0.05, 0) is 29.7 Å². The van der Waals surface area contributed by atoms with Crippen molar-refractivity contribution in [3.63, 3.8) is 0 Å². The van der Waals surface area contributed by atoms with E-state index in [0.717, 1.165) is 4.88 Å². The molecule has 1 aromatic carbocycles. The van der Waals surface area contributed by atoms with Crippen LogP contribution in [-0.2, 0) is 9.53 Å². The van der Waals surface area contributed by atoms with Gasteiger partial charge >= 0.3 is 5.97 Å². The van der Waals surface area contributed by atoms with E-state index in [2.05, 4.69) is 18.2 Å². The summed E-state index contributed by atoms with van der Waals surface area (Å²) in [5.41, 5.74) is 0.914. The fourth-order valence-electron chi connectivity index (χ4n) is 2.21. The molecule has 2 heterocycles. The van der Waals surface area contributed by atoms with E-state index in [0.29, 0.717) is 36.2 Å². The van der Waals surface area contributed by atoms with Crippen molar-refractivity contribution in [3.05, 3.63) is 77.2 Å². The standard InChI is InChI=1S/C20H17NO4S/c1-3-9-23-15-8-7-14(17(13-15)24-10-4-2)12-16-20(22)25-19(21-16)18-6-5-11-26-18/h3-8,11-13H,1-2,9-10H2/b16-12+. The second-order valence-electron chi connectivity index (χ2n) is 5.21. The zero-order valence-corrected chi connectivity index (χ0v) is 14.8. The highest BCUT2D eigenvalue weighted by Gasteiger charge is 2.25. The van der Waals surface area contributed by atoms with Crippen LogP contribution in [0.4, 0.5) is 0 Å². The topological polar surface area (TPSA) is 57.1 Å². The number of rotatable bonds is 8. The lowest BCUT2D eigenvalue weighted by atomic mass is 10.1. The van der Waals surface area contributed by atoms with E-state index in [1.165, 1.54) is 11.3 Å². The number of cyclic esters (lactones) is 1. The number of aliphatic imine (C=N–C) groups is 1. The number of hydrogen-bond donors (Lipinski definition) is 0. The minimum Gasteiger partial charge on any atom is -0.489 e. The summed E-state index contributed by atoms with van der Waals surface area (Å²) in [5.74, 6) is 1.03. The molecule has 0 bridgehead atoms. The molecule has 0 saturated heterocycles. The maximum atomic E-state index is 12.1. The second kappa shape index (κ2) is 8.31. The van der Waals surface area contributed by atoms with Gasteiger partial charge in [-0.2, -0.15) is 0 Å². The van der Waals surface area contributed by atoms with Crippen LogP contribution in [0.2, 0.25) is 0 Å². The van der Waals surface area contributed by atoms with E-state index in [9.17, 15) is 4.79 Å². The Morgan fingerprint density at radius 3 is 2.69 bits per heavy atom. The third-order valence-electron chi connectivity index (χ3n) is 3.35. The monoisotopic (exact) mass is 367 g/mol. The Morgan fingerprint density at radius 2 is 1.96 bits per heavy atom. The number of thiophene rings is 1. The lowest BCUT2D eigenvalue weighted by Gasteiger charge is -2.10. The van der Waals surface area contributed by atoms with Gasteiger partial charge in [0.15, 0.2) is 5.70 Å². The minimum absolute atomic E-state index is 0.219. The molecule has 0 amide bonds. The molecule has 3 rings (SSSR count). The molecular weight excluding hydrogens is 350 g/mol. The molecule has 1 aliphatic rings. The molecule has 0 N–H and O–H groups in total. The zero-order chi connectivity index (χ0) is 18.4. The number of hydrogen-bond acceptors (Lipinski definition) is 6. The molecule has 5 nitrogen and oxygen atoms in total. The first kappa shape index (κ1) is 17.7. The van der Waals surface area contributed by atoms with Gasteiger partial charge in [0.2, 0.25) is 5.90 Å². The largest absolute Gasteiger partial charge is 0.489 e. The van der Waals surface area contributed by atoms with Crippen LogP contribution in [0.1, 0.15) is 10.4 Å². The molecule has 1 aliphatic heterocycles. The first-order valence-electron chi connectivity index (χ1n) is 7.89. The number of carbonyl (C=O) groups is 1.